The van der Waals surface area contributed by atoms with E-state index in [-0.39, 0.29) is 0 Å². The predicted octanol–water partition coefficient (Wildman–Crippen LogP) is 32.2. The zero-order valence-corrected chi connectivity index (χ0v) is 72.6. The molecule has 0 saturated carbocycles. The van der Waals surface area contributed by atoms with Gasteiger partial charge < -0.3 is 13.3 Å². The number of hydrogen-bond acceptors (Lipinski definition) is 12. The molecule has 12 nitrogen and oxygen atoms in total. The Bertz CT molecular complexity index is 9110. The molecule has 0 aliphatic rings. The van der Waals surface area contributed by atoms with Crippen molar-refractivity contribution in [2.45, 2.75) is 0 Å². The van der Waals surface area contributed by atoms with Gasteiger partial charge >= 0.3 is 0 Å². The largest absolute Gasteiger partial charge is 0.456 e. The van der Waals surface area contributed by atoms with Gasteiger partial charge in [-0.1, -0.05) is 394 Å². The smallest absolute Gasteiger partial charge is 0.164 e. The molecule has 0 spiro atoms. The summed E-state index contributed by atoms with van der Waals surface area (Å²) in [5, 5.41) is 21.4. The molecular formula is C123H75N9O3. The van der Waals surface area contributed by atoms with Crippen LogP contribution in [-0.4, -0.2) is 44.9 Å². The molecule has 27 rings (SSSR count). The van der Waals surface area contributed by atoms with E-state index in [4.69, 9.17) is 58.1 Å². The number of hydrogen-bond donors (Lipinski definition) is 0. The average molecular weight is 1730 g/mol. The lowest BCUT2D eigenvalue weighted by atomic mass is 9.94. The average Bonchev–Trinajstić information content (AvgIpc) is 1.60. The highest BCUT2D eigenvalue weighted by atomic mass is 16.3. The number of benzene rings is 21. The van der Waals surface area contributed by atoms with Crippen LogP contribution < -0.4 is 0 Å². The molecule has 0 aliphatic heterocycles. The van der Waals surface area contributed by atoms with Gasteiger partial charge in [0.15, 0.2) is 52.4 Å². The highest BCUT2D eigenvalue weighted by Crippen LogP contribution is 2.45. The van der Waals surface area contributed by atoms with E-state index in [0.29, 0.717) is 52.4 Å². The molecule has 6 heterocycles. The minimum absolute atomic E-state index is 0.641. The Balaban J connectivity index is 0.000000108. The van der Waals surface area contributed by atoms with E-state index in [9.17, 15) is 0 Å². The van der Waals surface area contributed by atoms with Gasteiger partial charge in [-0.25, -0.2) is 44.9 Å². The number of nitrogens with zero attached hydrogens (tertiary/aromatic N) is 9. The first-order valence-corrected chi connectivity index (χ1v) is 45.1. The van der Waals surface area contributed by atoms with Gasteiger partial charge in [-0.15, -0.1) is 0 Å². The van der Waals surface area contributed by atoms with Crippen LogP contribution in [0.2, 0.25) is 0 Å². The summed E-state index contributed by atoms with van der Waals surface area (Å²) in [5.41, 5.74) is 20.8. The van der Waals surface area contributed by atoms with Crippen LogP contribution in [0.3, 0.4) is 0 Å². The zero-order chi connectivity index (χ0) is 89.2. The second-order valence-corrected chi connectivity index (χ2v) is 33.8. The molecule has 0 unspecified atom stereocenters. The van der Waals surface area contributed by atoms with Crippen LogP contribution >= 0.6 is 0 Å². The van der Waals surface area contributed by atoms with E-state index in [2.05, 4.69) is 237 Å². The molecular weight excluding hydrogens is 1650 g/mol. The third kappa shape index (κ3) is 14.8. The zero-order valence-electron chi connectivity index (χ0n) is 72.6. The van der Waals surface area contributed by atoms with Crippen LogP contribution in [0.15, 0.2) is 468 Å². The summed E-state index contributed by atoms with van der Waals surface area (Å²) in [5.74, 6) is 5.86. The minimum atomic E-state index is 0.641. The predicted molar refractivity (Wildman–Crippen MR) is 552 cm³/mol. The normalized spacial score (nSPS) is 11.6. The third-order valence-corrected chi connectivity index (χ3v) is 25.5. The molecule has 135 heavy (non-hydrogen) atoms. The molecule has 0 aliphatic carbocycles. The number of rotatable bonds is 12. The first-order valence-electron chi connectivity index (χ1n) is 45.1. The van der Waals surface area contributed by atoms with Crippen molar-refractivity contribution in [1.82, 2.24) is 44.9 Å². The van der Waals surface area contributed by atoms with Crippen LogP contribution in [0.25, 0.3) is 266 Å². The van der Waals surface area contributed by atoms with Crippen molar-refractivity contribution in [3.05, 3.63) is 455 Å². The van der Waals surface area contributed by atoms with Crippen molar-refractivity contribution in [2.24, 2.45) is 0 Å². The molecule has 12 heteroatoms. The summed E-state index contributed by atoms with van der Waals surface area (Å²) in [6, 6.07) is 157. The van der Waals surface area contributed by atoms with E-state index < -0.39 is 0 Å². The summed E-state index contributed by atoms with van der Waals surface area (Å²) >= 11 is 0. The summed E-state index contributed by atoms with van der Waals surface area (Å²) < 4.78 is 18.7. The first kappa shape index (κ1) is 78.8. The second-order valence-electron chi connectivity index (χ2n) is 33.8. The summed E-state index contributed by atoms with van der Waals surface area (Å²) in [6.07, 6.45) is 0. The van der Waals surface area contributed by atoms with E-state index in [1.165, 1.54) is 75.4 Å². The van der Waals surface area contributed by atoms with Crippen LogP contribution in [0, 0.1) is 0 Å². The number of para-hydroxylation sites is 3. The molecule has 0 bridgehead atoms. The number of fused-ring (bicyclic) bond motifs is 21. The van der Waals surface area contributed by atoms with Crippen molar-refractivity contribution in [3.63, 3.8) is 0 Å². The lowest BCUT2D eigenvalue weighted by Gasteiger charge is -2.11. The Morgan fingerprint density at radius 1 is 0.111 bits per heavy atom. The monoisotopic (exact) mass is 1730 g/mol. The Hall–Kier alpha value is -18.4. The Morgan fingerprint density at radius 2 is 0.333 bits per heavy atom. The van der Waals surface area contributed by atoms with Gasteiger partial charge in [0.05, 0.1) is 0 Å². The molecule has 0 atom stereocenters. The number of furan rings is 3. The molecule has 6 aromatic heterocycles. The molecule has 0 saturated heterocycles. The van der Waals surface area contributed by atoms with E-state index >= 15 is 0 Å². The van der Waals surface area contributed by atoms with Crippen LogP contribution in [-0.2, 0) is 0 Å². The van der Waals surface area contributed by atoms with E-state index in [1.54, 1.807) is 0 Å². The second kappa shape index (κ2) is 33.6. The van der Waals surface area contributed by atoms with Crippen molar-refractivity contribution in [1.29, 1.82) is 0 Å². The lowest BCUT2D eigenvalue weighted by Crippen LogP contribution is -2.00. The number of aromatic nitrogens is 9. The van der Waals surface area contributed by atoms with Gasteiger partial charge in [0, 0.05) is 98.5 Å². The topological polar surface area (TPSA) is 155 Å². The fraction of sp³-hybridized carbons (Fsp3) is 0. The Labute approximate surface area is 774 Å². The first-order chi connectivity index (χ1) is 66.8. The molecule has 0 radical (unpaired) electrons. The third-order valence-electron chi connectivity index (χ3n) is 25.5. The maximum Gasteiger partial charge on any atom is 0.164 e. The van der Waals surface area contributed by atoms with Crippen molar-refractivity contribution < 1.29 is 13.3 Å². The van der Waals surface area contributed by atoms with Gasteiger partial charge in [0.25, 0.3) is 0 Å². The summed E-state index contributed by atoms with van der Waals surface area (Å²) in [4.78, 5) is 44.0. The van der Waals surface area contributed by atoms with Crippen molar-refractivity contribution in [3.8, 4) is 136 Å². The fourth-order valence-electron chi connectivity index (χ4n) is 18.9. The molecule has 21 aromatic carbocycles. The Kier molecular flexibility index (Phi) is 19.6. The maximum atomic E-state index is 6.25. The SMILES string of the molecule is c1ccc(-c2nc(-c3ccccc3)nc(-c3ccc(-c4ccc5c(ccc6ccc7oc8ccccc8c7c65)c4)cc3)n2)cc1.c1ccc(-c2nc(-c3ccccc3)nc(-c3ccc(-c4ccc5ccc6ccc7oc8ccccc8c7c6c5c4)cc3)n2)cc1.c1ccc(-c2nc(-c3ccccc3)nc(-c3cccc(-c4ccc5ccc6ccc7oc8ccccc8c7c6c5c4)c3)n2)cc1. The van der Waals surface area contributed by atoms with E-state index in [1.807, 2.05) is 218 Å². The van der Waals surface area contributed by atoms with Crippen molar-refractivity contribution in [2.75, 3.05) is 0 Å². The standard InChI is InChI=1S/3C41H25N3O/c1-3-10-28(11-4-1)39-42-40(29-12-5-2-6-13-29)44-41(43-39)32-15-9-14-30(24-32)31-21-19-26-18-20-27-22-23-36-38(37(27)34(26)25-31)33-16-7-8-17-35(33)45-36;1-3-9-29(10-4-1)39-42-40(30-11-5-2-6-12-30)44-41(43-39)31-20-15-26(16-21-31)32-22-18-27-17-19-28-23-24-36-38(37(28)34(27)25-32)33-13-7-8-14-35(33)45-36;1-3-9-28(10-4-1)39-42-40(29-11-5-2-6-12-29)44-41(43-39)30-18-15-26(16-19-30)31-21-23-33-32(25-31)20-17-27-22-24-36-38(37(27)33)34-13-7-8-14-35(34)45-36/h3*1-25H. The molecule has 630 valence electrons. The van der Waals surface area contributed by atoms with Gasteiger partial charge in [-0.3, -0.25) is 0 Å². The van der Waals surface area contributed by atoms with Gasteiger partial charge in [0.1, 0.15) is 33.5 Å². The summed E-state index contributed by atoms with van der Waals surface area (Å²) in [6.45, 7) is 0. The van der Waals surface area contributed by atoms with Gasteiger partial charge in [0.2, 0.25) is 0 Å². The summed E-state index contributed by atoms with van der Waals surface area (Å²) in [7, 11) is 0. The van der Waals surface area contributed by atoms with E-state index in [0.717, 1.165) is 138 Å². The molecule has 27 aromatic rings. The minimum Gasteiger partial charge on any atom is -0.456 e. The van der Waals surface area contributed by atoms with Gasteiger partial charge in [-0.05, 0) is 143 Å². The molecule has 0 amide bonds. The molecule has 0 fully saturated rings. The van der Waals surface area contributed by atoms with Crippen molar-refractivity contribution >= 4 is 130 Å². The maximum absolute atomic E-state index is 6.25. The quantitative estimate of drug-likeness (QED) is 0.107. The highest BCUT2D eigenvalue weighted by molar-refractivity contribution is 6.30. The van der Waals surface area contributed by atoms with Crippen LogP contribution in [0.1, 0.15) is 0 Å². The van der Waals surface area contributed by atoms with Crippen LogP contribution in [0.4, 0.5) is 0 Å². The van der Waals surface area contributed by atoms with Crippen LogP contribution in [0.5, 0.6) is 0 Å². The highest BCUT2D eigenvalue weighted by Gasteiger charge is 2.22. The lowest BCUT2D eigenvalue weighted by molar-refractivity contribution is 0.669. The Morgan fingerprint density at radius 3 is 0.681 bits per heavy atom. The molecule has 0 N–H and O–H groups in total. The fourth-order valence-corrected chi connectivity index (χ4v) is 18.9. The van der Waals surface area contributed by atoms with Gasteiger partial charge in [-0.2, -0.15) is 0 Å².